The van der Waals surface area contributed by atoms with E-state index < -0.39 is 10.0 Å². The molecule has 1 fully saturated rings. The molecule has 25 heavy (non-hydrogen) atoms. The van der Waals surface area contributed by atoms with Crippen LogP contribution in [-0.4, -0.2) is 31.7 Å². The number of nitrogens with zero attached hydrogens (tertiary/aromatic N) is 1. The van der Waals surface area contributed by atoms with Gasteiger partial charge >= 0.3 is 0 Å². The lowest BCUT2D eigenvalue weighted by Gasteiger charge is -2.16. The summed E-state index contributed by atoms with van der Waals surface area (Å²) >= 11 is 0. The number of anilines is 1. The minimum absolute atomic E-state index is 0.198. The van der Waals surface area contributed by atoms with Crippen LogP contribution in [0.25, 0.3) is 0 Å². The molecule has 7 heteroatoms. The third-order valence-corrected chi connectivity index (χ3v) is 6.48. The van der Waals surface area contributed by atoms with E-state index in [0.717, 1.165) is 18.4 Å². The normalized spacial score (nSPS) is 15.5. The highest BCUT2D eigenvalue weighted by Crippen LogP contribution is 2.25. The number of rotatable bonds is 4. The van der Waals surface area contributed by atoms with Crippen LogP contribution in [-0.2, 0) is 10.0 Å². The lowest BCUT2D eigenvalue weighted by Crippen LogP contribution is -2.27. The molecule has 1 aliphatic rings. The summed E-state index contributed by atoms with van der Waals surface area (Å²) in [6.07, 6.45) is 1.77. The van der Waals surface area contributed by atoms with Crippen molar-refractivity contribution in [3.63, 3.8) is 0 Å². The van der Waals surface area contributed by atoms with Crippen molar-refractivity contribution >= 4 is 21.6 Å². The summed E-state index contributed by atoms with van der Waals surface area (Å²) in [4.78, 5) is 12.8. The van der Waals surface area contributed by atoms with Gasteiger partial charge in [-0.2, -0.15) is 4.31 Å². The molecule has 0 atom stereocenters. The van der Waals surface area contributed by atoms with Crippen molar-refractivity contribution < 1.29 is 17.6 Å². The van der Waals surface area contributed by atoms with Crippen LogP contribution in [0.4, 0.5) is 5.69 Å². The summed E-state index contributed by atoms with van der Waals surface area (Å²) in [6, 6.07) is 6.38. The van der Waals surface area contributed by atoms with Crippen molar-refractivity contribution in [3.8, 4) is 0 Å². The molecule has 0 spiro atoms. The first-order valence-corrected chi connectivity index (χ1v) is 9.73. The predicted molar refractivity (Wildman–Crippen MR) is 95.3 cm³/mol. The minimum atomic E-state index is -3.51. The third-order valence-electron chi connectivity index (χ3n) is 4.58. The molecule has 2 heterocycles. The molecule has 1 aromatic carbocycles. The largest absolute Gasteiger partial charge is 0.466 e. The van der Waals surface area contributed by atoms with Gasteiger partial charge < -0.3 is 9.73 Å². The average Bonchev–Trinajstić information content (AvgIpc) is 3.17. The molecular formula is C18H22N2O4S. The summed E-state index contributed by atoms with van der Waals surface area (Å²) in [5, 5.41) is 2.77. The van der Waals surface area contributed by atoms with Gasteiger partial charge in [0, 0.05) is 24.3 Å². The van der Waals surface area contributed by atoms with Crippen molar-refractivity contribution in [1.82, 2.24) is 4.31 Å². The number of hydrogen-bond donors (Lipinski definition) is 1. The molecule has 6 nitrogen and oxygen atoms in total. The summed E-state index contributed by atoms with van der Waals surface area (Å²) in [7, 11) is -3.51. The fourth-order valence-corrected chi connectivity index (χ4v) is 4.70. The van der Waals surface area contributed by atoms with E-state index in [4.69, 9.17) is 4.42 Å². The van der Waals surface area contributed by atoms with E-state index in [2.05, 4.69) is 5.32 Å². The monoisotopic (exact) mass is 362 g/mol. The van der Waals surface area contributed by atoms with Gasteiger partial charge in [0.05, 0.1) is 10.5 Å². The number of carbonyl (C=O) groups is 1. The lowest BCUT2D eigenvalue weighted by molar-refractivity contribution is 0.102. The summed E-state index contributed by atoms with van der Waals surface area (Å²) < 4.78 is 32.3. The highest BCUT2D eigenvalue weighted by Gasteiger charge is 2.27. The second-order valence-electron chi connectivity index (χ2n) is 6.31. The summed E-state index contributed by atoms with van der Waals surface area (Å²) in [6.45, 7) is 6.47. The van der Waals surface area contributed by atoms with Crippen LogP contribution in [0.15, 0.2) is 33.6 Å². The van der Waals surface area contributed by atoms with E-state index in [-0.39, 0.29) is 10.8 Å². The Morgan fingerprint density at radius 2 is 1.80 bits per heavy atom. The van der Waals surface area contributed by atoms with Gasteiger partial charge in [-0.15, -0.1) is 0 Å². The van der Waals surface area contributed by atoms with Gasteiger partial charge in [-0.05, 0) is 51.8 Å². The molecular weight excluding hydrogens is 340 g/mol. The smallest absolute Gasteiger partial charge is 0.259 e. The number of carbonyl (C=O) groups excluding carboxylic acids is 1. The van der Waals surface area contributed by atoms with E-state index >= 15 is 0 Å². The van der Waals surface area contributed by atoms with Gasteiger partial charge in [0.2, 0.25) is 10.0 Å². The Bertz CT molecular complexity index is 909. The van der Waals surface area contributed by atoms with Gasteiger partial charge in [-0.1, -0.05) is 6.07 Å². The summed E-state index contributed by atoms with van der Waals surface area (Å²) in [5.74, 6) is 0.948. The maximum Gasteiger partial charge on any atom is 0.259 e. The quantitative estimate of drug-likeness (QED) is 0.905. The van der Waals surface area contributed by atoms with Crippen LogP contribution in [0.1, 0.15) is 40.3 Å². The molecule has 3 rings (SSSR count). The number of nitrogens with one attached hydrogen (secondary N) is 1. The van der Waals surface area contributed by atoms with Crippen molar-refractivity contribution in [3.05, 3.63) is 46.9 Å². The Labute approximate surface area is 147 Å². The predicted octanol–water partition coefficient (Wildman–Crippen LogP) is 3.24. The molecule has 0 saturated carbocycles. The molecule has 1 N–H and O–H groups in total. The van der Waals surface area contributed by atoms with Crippen LogP contribution in [0, 0.1) is 20.8 Å². The first-order chi connectivity index (χ1) is 11.8. The number of furan rings is 1. The van der Waals surface area contributed by atoms with Crippen LogP contribution in [0.5, 0.6) is 0 Å². The molecule has 134 valence electrons. The van der Waals surface area contributed by atoms with Crippen LogP contribution in [0.3, 0.4) is 0 Å². The SMILES string of the molecule is Cc1oc(C)c(C(=O)Nc2cccc(S(=O)(=O)N3CCCC3)c2)c1C. The van der Waals surface area contributed by atoms with Crippen molar-refractivity contribution in [2.75, 3.05) is 18.4 Å². The van der Waals surface area contributed by atoms with Crippen LogP contribution < -0.4 is 5.32 Å². The second kappa shape index (κ2) is 6.65. The Morgan fingerprint density at radius 3 is 2.40 bits per heavy atom. The van der Waals surface area contributed by atoms with Gasteiger partial charge in [-0.25, -0.2) is 8.42 Å². The fourth-order valence-electron chi connectivity index (χ4n) is 3.13. The maximum atomic E-state index is 12.7. The van der Waals surface area contributed by atoms with Gasteiger partial charge in [-0.3, -0.25) is 4.79 Å². The number of sulfonamides is 1. The highest BCUT2D eigenvalue weighted by molar-refractivity contribution is 7.89. The number of aryl methyl sites for hydroxylation is 2. The number of benzene rings is 1. The topological polar surface area (TPSA) is 79.6 Å². The lowest BCUT2D eigenvalue weighted by atomic mass is 10.1. The van der Waals surface area contributed by atoms with E-state index in [9.17, 15) is 13.2 Å². The highest BCUT2D eigenvalue weighted by atomic mass is 32.2. The van der Waals surface area contributed by atoms with E-state index in [0.29, 0.717) is 35.9 Å². The average molecular weight is 362 g/mol. The minimum Gasteiger partial charge on any atom is -0.466 e. The zero-order chi connectivity index (χ0) is 18.2. The van der Waals surface area contributed by atoms with Crippen LogP contribution in [0.2, 0.25) is 0 Å². The molecule has 0 unspecified atom stereocenters. The van der Waals surface area contributed by atoms with Gasteiger partial charge in [0.25, 0.3) is 5.91 Å². The molecule has 1 saturated heterocycles. The van der Waals surface area contributed by atoms with E-state index in [1.807, 2.05) is 13.8 Å². The zero-order valence-electron chi connectivity index (χ0n) is 14.6. The molecule has 1 amide bonds. The number of amides is 1. The molecule has 1 aromatic heterocycles. The molecule has 2 aromatic rings. The standard InChI is InChI=1S/C18H22N2O4S/c1-12-13(2)24-14(3)17(12)18(21)19-15-7-6-8-16(11-15)25(22,23)20-9-4-5-10-20/h6-8,11H,4-5,9-10H2,1-3H3,(H,19,21). The first kappa shape index (κ1) is 17.7. The van der Waals surface area contributed by atoms with Crippen molar-refractivity contribution in [1.29, 1.82) is 0 Å². The first-order valence-electron chi connectivity index (χ1n) is 8.29. The number of hydrogen-bond acceptors (Lipinski definition) is 4. The van der Waals surface area contributed by atoms with Gasteiger partial charge in [0.1, 0.15) is 11.5 Å². The maximum absolute atomic E-state index is 12.7. The molecule has 0 bridgehead atoms. The van der Waals surface area contributed by atoms with E-state index in [1.165, 1.54) is 10.4 Å². The Balaban J connectivity index is 1.86. The van der Waals surface area contributed by atoms with Crippen molar-refractivity contribution in [2.45, 2.75) is 38.5 Å². The Hall–Kier alpha value is -2.12. The Kier molecular flexibility index (Phi) is 4.71. The summed E-state index contributed by atoms with van der Waals surface area (Å²) in [5.41, 5.74) is 1.73. The van der Waals surface area contributed by atoms with Crippen molar-refractivity contribution in [2.24, 2.45) is 0 Å². The fraction of sp³-hybridized carbons (Fsp3) is 0.389. The van der Waals surface area contributed by atoms with Gasteiger partial charge in [0.15, 0.2) is 0 Å². The third kappa shape index (κ3) is 3.34. The molecule has 1 aliphatic heterocycles. The molecule has 0 radical (unpaired) electrons. The zero-order valence-corrected chi connectivity index (χ0v) is 15.4. The second-order valence-corrected chi connectivity index (χ2v) is 8.25. The molecule has 0 aliphatic carbocycles. The van der Waals surface area contributed by atoms with E-state index in [1.54, 1.807) is 25.1 Å². The van der Waals surface area contributed by atoms with Crippen LogP contribution >= 0.6 is 0 Å². The Morgan fingerprint density at radius 1 is 1.12 bits per heavy atom.